The highest BCUT2D eigenvalue weighted by Crippen LogP contribution is 2.17. The Bertz CT molecular complexity index is 582. The van der Waals surface area contributed by atoms with E-state index < -0.39 is 0 Å². The van der Waals surface area contributed by atoms with Crippen LogP contribution in [0.15, 0.2) is 30.6 Å². The van der Waals surface area contributed by atoms with Crippen molar-refractivity contribution in [2.45, 2.75) is 12.6 Å². The van der Waals surface area contributed by atoms with Crippen LogP contribution < -0.4 is 5.73 Å². The number of likely N-dealkylation sites (N-methyl/N-ethyl adjacent to an activating group) is 1. The highest BCUT2D eigenvalue weighted by molar-refractivity contribution is 5.60. The maximum absolute atomic E-state index is 5.78. The van der Waals surface area contributed by atoms with E-state index in [-0.39, 0.29) is 6.10 Å². The zero-order valence-corrected chi connectivity index (χ0v) is 11.6. The first-order valence-electron chi connectivity index (χ1n) is 6.76. The summed E-state index contributed by atoms with van der Waals surface area (Å²) in [6, 6.07) is 7.60. The monoisotopic (exact) mass is 273 g/mol. The third-order valence-corrected chi connectivity index (χ3v) is 3.41. The normalized spacial score (nSPS) is 20.1. The molecule has 1 fully saturated rings. The van der Waals surface area contributed by atoms with Gasteiger partial charge in [0.05, 0.1) is 19.3 Å². The Hall–Kier alpha value is -1.92. The number of nitrogen functional groups attached to an aromatic ring is 1. The number of hydrogen-bond acceptors (Lipinski definition) is 5. The average molecular weight is 273 g/mol. The molecular weight excluding hydrogens is 254 g/mol. The van der Waals surface area contributed by atoms with Gasteiger partial charge in [-0.3, -0.25) is 0 Å². The van der Waals surface area contributed by atoms with Gasteiger partial charge in [0.25, 0.3) is 0 Å². The van der Waals surface area contributed by atoms with E-state index in [1.54, 1.807) is 6.33 Å². The van der Waals surface area contributed by atoms with Crippen LogP contribution in [0.1, 0.15) is 0 Å². The van der Waals surface area contributed by atoms with Crippen molar-refractivity contribution in [2.75, 3.05) is 32.5 Å². The van der Waals surface area contributed by atoms with E-state index in [0.717, 1.165) is 37.5 Å². The zero-order valence-electron chi connectivity index (χ0n) is 11.6. The third-order valence-electron chi connectivity index (χ3n) is 3.41. The van der Waals surface area contributed by atoms with Gasteiger partial charge in [0.2, 0.25) is 0 Å². The molecule has 0 bridgehead atoms. The van der Waals surface area contributed by atoms with Crippen molar-refractivity contribution >= 4 is 5.69 Å². The van der Waals surface area contributed by atoms with Gasteiger partial charge in [0, 0.05) is 24.3 Å². The minimum absolute atomic E-state index is 0.171. The predicted molar refractivity (Wildman–Crippen MR) is 77.1 cm³/mol. The summed E-state index contributed by atoms with van der Waals surface area (Å²) in [5, 5.41) is 4.49. The Balaban J connectivity index is 1.70. The lowest BCUT2D eigenvalue weighted by Gasteiger charge is -2.29. The highest BCUT2D eigenvalue weighted by Gasteiger charge is 2.18. The van der Waals surface area contributed by atoms with Crippen molar-refractivity contribution in [2.24, 2.45) is 0 Å². The molecule has 6 nitrogen and oxygen atoms in total. The van der Waals surface area contributed by atoms with Crippen LogP contribution in [0.5, 0.6) is 0 Å². The van der Waals surface area contributed by atoms with Crippen LogP contribution in [0.3, 0.4) is 0 Å². The van der Waals surface area contributed by atoms with Crippen molar-refractivity contribution in [3.8, 4) is 11.4 Å². The number of rotatable bonds is 3. The summed E-state index contributed by atoms with van der Waals surface area (Å²) in [4.78, 5) is 6.61. The Morgan fingerprint density at radius 1 is 1.45 bits per heavy atom. The van der Waals surface area contributed by atoms with Gasteiger partial charge in [-0.25, -0.2) is 9.67 Å². The Labute approximate surface area is 118 Å². The topological polar surface area (TPSA) is 69.2 Å². The van der Waals surface area contributed by atoms with Crippen LogP contribution >= 0.6 is 0 Å². The predicted octanol–water partition coefficient (Wildman–Crippen LogP) is 0.858. The van der Waals surface area contributed by atoms with E-state index in [2.05, 4.69) is 22.0 Å². The number of ether oxygens (including phenoxy) is 1. The van der Waals surface area contributed by atoms with Crippen molar-refractivity contribution < 1.29 is 4.74 Å². The zero-order chi connectivity index (χ0) is 13.9. The lowest BCUT2D eigenvalue weighted by atomic mass is 10.2. The van der Waals surface area contributed by atoms with Crippen LogP contribution in [0.25, 0.3) is 11.4 Å². The van der Waals surface area contributed by atoms with Crippen LogP contribution in [-0.2, 0) is 11.3 Å². The molecule has 2 N–H and O–H groups in total. The number of anilines is 1. The van der Waals surface area contributed by atoms with E-state index in [4.69, 9.17) is 10.5 Å². The van der Waals surface area contributed by atoms with Gasteiger partial charge in [0.15, 0.2) is 5.82 Å². The quantitative estimate of drug-likeness (QED) is 0.840. The maximum Gasteiger partial charge on any atom is 0.181 e. The van der Waals surface area contributed by atoms with Gasteiger partial charge < -0.3 is 15.4 Å². The maximum atomic E-state index is 5.78. The van der Waals surface area contributed by atoms with Crippen LogP contribution in [-0.4, -0.2) is 52.5 Å². The van der Waals surface area contributed by atoms with Crippen molar-refractivity contribution in [1.29, 1.82) is 0 Å². The molecule has 2 aromatic rings. The molecule has 106 valence electrons. The lowest BCUT2D eigenvalue weighted by Crippen LogP contribution is -2.42. The first kappa shape index (κ1) is 13.1. The van der Waals surface area contributed by atoms with Gasteiger partial charge in [-0.2, -0.15) is 5.10 Å². The summed E-state index contributed by atoms with van der Waals surface area (Å²) in [5.74, 6) is 0.696. The van der Waals surface area contributed by atoms with Gasteiger partial charge >= 0.3 is 0 Å². The molecule has 6 heteroatoms. The second kappa shape index (κ2) is 5.60. The molecule has 0 radical (unpaired) electrons. The second-order valence-electron chi connectivity index (χ2n) is 5.17. The molecule has 3 rings (SSSR count). The number of benzene rings is 1. The minimum Gasteiger partial charge on any atom is -0.399 e. The van der Waals surface area contributed by atoms with Gasteiger partial charge in [-0.05, 0) is 19.2 Å². The molecule has 1 unspecified atom stereocenters. The average Bonchev–Trinajstić information content (AvgIpc) is 2.87. The van der Waals surface area contributed by atoms with Crippen LogP contribution in [0.2, 0.25) is 0 Å². The van der Waals surface area contributed by atoms with E-state index in [9.17, 15) is 0 Å². The largest absolute Gasteiger partial charge is 0.399 e. The first-order valence-corrected chi connectivity index (χ1v) is 6.76. The molecule has 1 aliphatic heterocycles. The molecule has 1 aromatic heterocycles. The summed E-state index contributed by atoms with van der Waals surface area (Å²) >= 11 is 0. The van der Waals surface area contributed by atoms with E-state index in [1.165, 1.54) is 0 Å². The second-order valence-corrected chi connectivity index (χ2v) is 5.17. The molecule has 1 saturated heterocycles. The van der Waals surface area contributed by atoms with Crippen molar-refractivity contribution in [1.82, 2.24) is 19.7 Å². The standard InChI is InChI=1S/C14H19N5O/c1-18-5-6-20-13(8-18)9-19-10-16-14(17-19)11-3-2-4-12(15)7-11/h2-4,7,10,13H,5-6,8-9,15H2,1H3. The van der Waals surface area contributed by atoms with Crippen LogP contribution in [0, 0.1) is 0 Å². The number of aromatic nitrogens is 3. The molecular formula is C14H19N5O. The summed E-state index contributed by atoms with van der Waals surface area (Å²) in [5.41, 5.74) is 7.43. The van der Waals surface area contributed by atoms with E-state index >= 15 is 0 Å². The summed E-state index contributed by atoms with van der Waals surface area (Å²) in [7, 11) is 2.11. The fourth-order valence-corrected chi connectivity index (χ4v) is 2.38. The molecule has 1 aromatic carbocycles. The molecule has 1 atom stereocenters. The first-order chi connectivity index (χ1) is 9.70. The van der Waals surface area contributed by atoms with Gasteiger partial charge in [0.1, 0.15) is 6.33 Å². The molecule has 1 aliphatic rings. The van der Waals surface area contributed by atoms with Gasteiger partial charge in [-0.1, -0.05) is 12.1 Å². The number of nitrogens with zero attached hydrogens (tertiary/aromatic N) is 4. The van der Waals surface area contributed by atoms with E-state index in [0.29, 0.717) is 5.82 Å². The fourth-order valence-electron chi connectivity index (χ4n) is 2.38. The molecule has 20 heavy (non-hydrogen) atoms. The summed E-state index contributed by atoms with van der Waals surface area (Å²) in [6.07, 6.45) is 1.92. The van der Waals surface area contributed by atoms with Crippen LogP contribution in [0.4, 0.5) is 5.69 Å². The minimum atomic E-state index is 0.171. The Morgan fingerprint density at radius 2 is 2.35 bits per heavy atom. The fraction of sp³-hybridized carbons (Fsp3) is 0.429. The smallest absolute Gasteiger partial charge is 0.181 e. The van der Waals surface area contributed by atoms with Crippen molar-refractivity contribution in [3.63, 3.8) is 0 Å². The van der Waals surface area contributed by atoms with E-state index in [1.807, 2.05) is 28.9 Å². The third kappa shape index (κ3) is 2.97. The molecule has 2 heterocycles. The molecule has 0 aliphatic carbocycles. The van der Waals surface area contributed by atoms with Crippen molar-refractivity contribution in [3.05, 3.63) is 30.6 Å². The lowest BCUT2D eigenvalue weighted by molar-refractivity contribution is -0.0290. The summed E-state index contributed by atoms with van der Waals surface area (Å²) in [6.45, 7) is 3.41. The Kier molecular flexibility index (Phi) is 3.66. The molecule has 0 amide bonds. The Morgan fingerprint density at radius 3 is 3.15 bits per heavy atom. The molecule has 0 spiro atoms. The van der Waals surface area contributed by atoms with Gasteiger partial charge in [-0.15, -0.1) is 0 Å². The summed E-state index contributed by atoms with van der Waals surface area (Å²) < 4.78 is 7.57. The highest BCUT2D eigenvalue weighted by atomic mass is 16.5. The number of morpholine rings is 1. The molecule has 0 saturated carbocycles. The SMILES string of the molecule is CN1CCOC(Cn2cnc(-c3cccc(N)c3)n2)C1. The number of hydrogen-bond donors (Lipinski definition) is 1. The number of nitrogens with two attached hydrogens (primary N) is 1.